The Morgan fingerprint density at radius 3 is 2.32 bits per heavy atom. The number of carbonyl (C=O) groups is 1. The van der Waals surface area contributed by atoms with Gasteiger partial charge in [-0.2, -0.15) is 0 Å². The van der Waals surface area contributed by atoms with Crippen molar-refractivity contribution in [1.82, 2.24) is 0 Å². The highest BCUT2D eigenvalue weighted by Gasteiger charge is 2.62. The van der Waals surface area contributed by atoms with Gasteiger partial charge in [-0.1, -0.05) is 19.1 Å². The second kappa shape index (κ2) is 4.85. The largest absolute Gasteiger partial charge is 0.497 e. The number of hydrogen-bond donors (Lipinski definition) is 1. The van der Waals surface area contributed by atoms with E-state index in [0.29, 0.717) is 5.75 Å². The summed E-state index contributed by atoms with van der Waals surface area (Å²) in [6, 6.07) is 6.87. The molecule has 6 heteroatoms. The van der Waals surface area contributed by atoms with Crippen LogP contribution >= 0.6 is 0 Å². The van der Waals surface area contributed by atoms with Crippen LogP contribution in [0.3, 0.4) is 0 Å². The van der Waals surface area contributed by atoms with Gasteiger partial charge < -0.3 is 9.84 Å². The van der Waals surface area contributed by atoms with Crippen LogP contribution in [-0.2, 0) is 14.6 Å². The van der Waals surface area contributed by atoms with Crippen molar-refractivity contribution >= 4 is 15.8 Å². The van der Waals surface area contributed by atoms with Crippen LogP contribution in [0.2, 0.25) is 0 Å². The summed E-state index contributed by atoms with van der Waals surface area (Å²) in [5, 5.41) is 8.32. The minimum absolute atomic E-state index is 0.0336. The zero-order chi connectivity index (χ0) is 14.2. The van der Waals surface area contributed by atoms with Crippen LogP contribution < -0.4 is 4.74 Å². The first-order valence-electron chi connectivity index (χ1n) is 6.00. The predicted octanol–water partition coefficient (Wildman–Crippen LogP) is 1.30. The molecule has 0 heterocycles. The van der Waals surface area contributed by atoms with E-state index in [1.165, 1.54) is 14.0 Å². The van der Waals surface area contributed by atoms with Crippen LogP contribution in [0, 0.1) is 5.92 Å². The molecule has 0 unspecified atom stereocenters. The second-order valence-corrected chi connectivity index (χ2v) is 7.03. The van der Waals surface area contributed by atoms with Gasteiger partial charge in [0.05, 0.1) is 18.3 Å². The van der Waals surface area contributed by atoms with Crippen molar-refractivity contribution in [2.75, 3.05) is 12.9 Å². The van der Waals surface area contributed by atoms with Crippen molar-refractivity contribution < 1.29 is 23.1 Å². The first-order valence-corrected chi connectivity index (χ1v) is 7.72. The molecule has 1 aliphatic rings. The number of hydrogen-bond acceptors (Lipinski definition) is 4. The van der Waals surface area contributed by atoms with Gasteiger partial charge in [-0.3, -0.25) is 4.79 Å². The number of ether oxygens (including phenoxy) is 1. The third-order valence-corrected chi connectivity index (χ3v) is 5.78. The number of rotatable bonds is 5. The first kappa shape index (κ1) is 13.9. The lowest BCUT2D eigenvalue weighted by Crippen LogP contribution is -2.14. The van der Waals surface area contributed by atoms with E-state index >= 15 is 0 Å². The standard InChI is InChI=1S/C13H16O5S/c1-3-19(16,17)12-10(11(12)13(14)15)8-4-6-9(18-2)7-5-8/h4-7,10-12H,3H2,1-2H3,(H,14,15)/t10-,11+,12-/m0/s1. The van der Waals surface area contributed by atoms with Crippen molar-refractivity contribution in [1.29, 1.82) is 0 Å². The number of aliphatic carboxylic acids is 1. The average molecular weight is 284 g/mol. The van der Waals surface area contributed by atoms with E-state index in [-0.39, 0.29) is 5.75 Å². The molecule has 0 amide bonds. The summed E-state index contributed by atoms with van der Waals surface area (Å²) < 4.78 is 28.8. The Labute approximate surface area is 112 Å². The van der Waals surface area contributed by atoms with Gasteiger partial charge in [0, 0.05) is 11.7 Å². The molecule has 0 aliphatic heterocycles. The van der Waals surface area contributed by atoms with E-state index in [1.807, 2.05) is 0 Å². The summed E-state index contributed by atoms with van der Waals surface area (Å²) in [4.78, 5) is 11.2. The lowest BCUT2D eigenvalue weighted by atomic mass is 10.1. The zero-order valence-corrected chi connectivity index (χ0v) is 11.6. The van der Waals surface area contributed by atoms with Gasteiger partial charge in [0.2, 0.25) is 0 Å². The van der Waals surface area contributed by atoms with E-state index in [9.17, 15) is 13.2 Å². The van der Waals surface area contributed by atoms with Crippen LogP contribution in [0.25, 0.3) is 0 Å². The molecule has 0 bridgehead atoms. The highest BCUT2D eigenvalue weighted by atomic mass is 32.2. The Morgan fingerprint density at radius 2 is 1.89 bits per heavy atom. The number of methoxy groups -OCH3 is 1. The molecule has 1 aromatic rings. The third kappa shape index (κ3) is 2.45. The van der Waals surface area contributed by atoms with E-state index in [4.69, 9.17) is 9.84 Å². The van der Waals surface area contributed by atoms with Gasteiger partial charge in [-0.25, -0.2) is 8.42 Å². The lowest BCUT2D eigenvalue weighted by Gasteiger charge is -2.03. The predicted molar refractivity (Wildman–Crippen MR) is 70.1 cm³/mol. The van der Waals surface area contributed by atoms with Gasteiger partial charge in [-0.15, -0.1) is 0 Å². The molecule has 1 aliphatic carbocycles. The molecular weight excluding hydrogens is 268 g/mol. The summed E-state index contributed by atoms with van der Waals surface area (Å²) in [5.74, 6) is -1.71. The molecule has 2 rings (SSSR count). The molecule has 0 aromatic heterocycles. The normalized spacial score (nSPS) is 25.9. The highest BCUT2D eigenvalue weighted by molar-refractivity contribution is 7.92. The molecule has 1 saturated carbocycles. The summed E-state index contributed by atoms with van der Waals surface area (Å²) in [7, 11) is -1.81. The van der Waals surface area contributed by atoms with Crippen molar-refractivity contribution in [3.05, 3.63) is 29.8 Å². The highest BCUT2D eigenvalue weighted by Crippen LogP contribution is 2.52. The molecule has 5 nitrogen and oxygen atoms in total. The maximum atomic E-state index is 11.9. The fourth-order valence-corrected chi connectivity index (χ4v) is 4.24. The Bertz CT molecular complexity index is 576. The minimum atomic E-state index is -3.34. The average Bonchev–Trinajstić information content (AvgIpc) is 3.15. The Hall–Kier alpha value is -1.56. The van der Waals surface area contributed by atoms with Crippen molar-refractivity contribution in [3.63, 3.8) is 0 Å². The minimum Gasteiger partial charge on any atom is -0.497 e. The summed E-state index contributed by atoms with van der Waals surface area (Å²) in [6.07, 6.45) is 0. The first-order chi connectivity index (χ1) is 8.92. The molecule has 19 heavy (non-hydrogen) atoms. The fraction of sp³-hybridized carbons (Fsp3) is 0.462. The molecule has 1 N–H and O–H groups in total. The molecular formula is C13H16O5S. The topological polar surface area (TPSA) is 80.7 Å². The van der Waals surface area contributed by atoms with Crippen LogP contribution in [0.15, 0.2) is 24.3 Å². The number of carboxylic acids is 1. The smallest absolute Gasteiger partial charge is 0.308 e. The van der Waals surface area contributed by atoms with Crippen LogP contribution in [-0.4, -0.2) is 37.6 Å². The molecule has 1 aromatic carbocycles. The molecule has 1 fully saturated rings. The van der Waals surface area contributed by atoms with Crippen molar-refractivity contribution in [2.24, 2.45) is 5.92 Å². The van der Waals surface area contributed by atoms with E-state index in [0.717, 1.165) is 5.56 Å². The van der Waals surface area contributed by atoms with Crippen molar-refractivity contribution in [2.45, 2.75) is 18.1 Å². The molecule has 104 valence electrons. The number of carboxylic acid groups (broad SMARTS) is 1. The number of sulfone groups is 1. The summed E-state index contributed by atoms with van der Waals surface area (Å²) >= 11 is 0. The number of benzene rings is 1. The second-order valence-electron chi connectivity index (χ2n) is 4.58. The lowest BCUT2D eigenvalue weighted by molar-refractivity contribution is -0.138. The molecule has 0 radical (unpaired) electrons. The molecule has 3 atom stereocenters. The SMILES string of the molecule is CCS(=O)(=O)[C@@H]1[C@H](C(=O)O)[C@@H]1c1ccc(OC)cc1. The Balaban J connectivity index is 2.30. The molecule has 0 saturated heterocycles. The maximum absolute atomic E-state index is 11.9. The Kier molecular flexibility index (Phi) is 3.54. The monoisotopic (exact) mass is 284 g/mol. The van der Waals surface area contributed by atoms with Gasteiger partial charge in [-0.05, 0) is 17.7 Å². The van der Waals surface area contributed by atoms with E-state index < -0.39 is 32.9 Å². The van der Waals surface area contributed by atoms with E-state index in [2.05, 4.69) is 0 Å². The van der Waals surface area contributed by atoms with Gasteiger partial charge in [0.1, 0.15) is 5.75 Å². The van der Waals surface area contributed by atoms with Crippen molar-refractivity contribution in [3.8, 4) is 5.75 Å². The van der Waals surface area contributed by atoms with Gasteiger partial charge >= 0.3 is 5.97 Å². The quantitative estimate of drug-likeness (QED) is 0.881. The maximum Gasteiger partial charge on any atom is 0.308 e. The van der Waals surface area contributed by atoms with E-state index in [1.54, 1.807) is 24.3 Å². The molecule has 0 spiro atoms. The van der Waals surface area contributed by atoms with Crippen LogP contribution in [0.1, 0.15) is 18.4 Å². The van der Waals surface area contributed by atoms with Gasteiger partial charge in [0.15, 0.2) is 9.84 Å². The summed E-state index contributed by atoms with van der Waals surface area (Å²) in [5.41, 5.74) is 0.732. The Morgan fingerprint density at radius 1 is 1.32 bits per heavy atom. The van der Waals surface area contributed by atoms with Crippen LogP contribution in [0.5, 0.6) is 5.75 Å². The zero-order valence-electron chi connectivity index (χ0n) is 10.7. The third-order valence-electron chi connectivity index (χ3n) is 3.56. The summed E-state index contributed by atoms with van der Waals surface area (Å²) in [6.45, 7) is 1.54. The van der Waals surface area contributed by atoms with Gasteiger partial charge in [0.25, 0.3) is 0 Å². The van der Waals surface area contributed by atoms with Crippen LogP contribution in [0.4, 0.5) is 0 Å². The fourth-order valence-electron chi connectivity index (χ4n) is 2.44.